The highest BCUT2D eigenvalue weighted by Crippen LogP contribution is 2.45. The number of hydrogen-bond donors (Lipinski definition) is 1. The van der Waals surface area contributed by atoms with E-state index in [2.05, 4.69) is 5.10 Å². The van der Waals surface area contributed by atoms with Gasteiger partial charge < -0.3 is 10.5 Å². The van der Waals surface area contributed by atoms with Gasteiger partial charge in [-0.05, 0) is 46.5 Å². The van der Waals surface area contributed by atoms with Crippen molar-refractivity contribution in [2.45, 2.75) is 52.0 Å². The van der Waals surface area contributed by atoms with Gasteiger partial charge in [-0.3, -0.25) is 0 Å². The molecule has 1 fully saturated rings. The standard InChI is InChI=1S/C13H21N3O2/c1-5-18-12(17)10-9(8-6-7-8)11(14)16(15-10)13(2,3)4/h8H,5-7,14H2,1-4H3. The number of rotatable bonds is 3. The molecule has 0 aromatic carbocycles. The Hall–Kier alpha value is -1.52. The summed E-state index contributed by atoms with van der Waals surface area (Å²) in [6, 6.07) is 0. The summed E-state index contributed by atoms with van der Waals surface area (Å²) in [5.74, 6) is 0.614. The first-order chi connectivity index (χ1) is 8.36. The fourth-order valence-electron chi connectivity index (χ4n) is 2.08. The molecule has 100 valence electrons. The van der Waals surface area contributed by atoms with E-state index in [0.29, 0.717) is 24.0 Å². The van der Waals surface area contributed by atoms with Crippen molar-refractivity contribution in [2.75, 3.05) is 12.3 Å². The minimum Gasteiger partial charge on any atom is -0.461 e. The number of carbonyl (C=O) groups excluding carboxylic acids is 1. The number of ether oxygens (including phenoxy) is 1. The molecule has 0 bridgehead atoms. The van der Waals surface area contributed by atoms with Gasteiger partial charge in [0.15, 0.2) is 5.69 Å². The zero-order valence-corrected chi connectivity index (χ0v) is 11.5. The Morgan fingerprint density at radius 1 is 1.50 bits per heavy atom. The van der Waals surface area contributed by atoms with Gasteiger partial charge in [-0.25, -0.2) is 9.48 Å². The van der Waals surface area contributed by atoms with E-state index >= 15 is 0 Å². The second-order valence-electron chi connectivity index (χ2n) is 5.72. The SMILES string of the molecule is CCOC(=O)c1nn(C(C)(C)C)c(N)c1C1CC1. The summed E-state index contributed by atoms with van der Waals surface area (Å²) in [4.78, 5) is 11.9. The molecule has 5 heteroatoms. The van der Waals surface area contributed by atoms with Crippen LogP contribution in [0.3, 0.4) is 0 Å². The zero-order valence-electron chi connectivity index (χ0n) is 11.5. The van der Waals surface area contributed by atoms with Crippen molar-refractivity contribution in [2.24, 2.45) is 0 Å². The lowest BCUT2D eigenvalue weighted by Crippen LogP contribution is -2.25. The average Bonchev–Trinajstić information content (AvgIpc) is 3.01. The van der Waals surface area contributed by atoms with Crippen molar-refractivity contribution in [1.29, 1.82) is 0 Å². The van der Waals surface area contributed by atoms with Gasteiger partial charge in [0.2, 0.25) is 0 Å². The molecular formula is C13H21N3O2. The summed E-state index contributed by atoms with van der Waals surface area (Å²) >= 11 is 0. The molecule has 0 saturated heterocycles. The Balaban J connectivity index is 2.48. The molecule has 0 unspecified atom stereocenters. The molecule has 5 nitrogen and oxygen atoms in total. The maximum atomic E-state index is 11.9. The van der Waals surface area contributed by atoms with Crippen LogP contribution in [-0.2, 0) is 10.3 Å². The van der Waals surface area contributed by atoms with Crippen molar-refractivity contribution >= 4 is 11.8 Å². The molecule has 0 amide bonds. The van der Waals surface area contributed by atoms with Crippen LogP contribution in [0.1, 0.15) is 62.5 Å². The molecule has 2 rings (SSSR count). The maximum absolute atomic E-state index is 11.9. The average molecular weight is 251 g/mol. The first-order valence-corrected chi connectivity index (χ1v) is 6.42. The second-order valence-corrected chi connectivity index (χ2v) is 5.72. The van der Waals surface area contributed by atoms with E-state index in [1.165, 1.54) is 0 Å². The zero-order chi connectivity index (χ0) is 13.5. The minimum atomic E-state index is -0.367. The molecular weight excluding hydrogens is 230 g/mol. The Morgan fingerprint density at radius 3 is 2.56 bits per heavy atom. The lowest BCUT2D eigenvalue weighted by atomic mass is 10.1. The highest BCUT2D eigenvalue weighted by Gasteiger charge is 2.36. The number of carbonyl (C=O) groups is 1. The van der Waals surface area contributed by atoms with Crippen molar-refractivity contribution in [3.63, 3.8) is 0 Å². The number of hydrogen-bond acceptors (Lipinski definition) is 4. The first kappa shape index (κ1) is 12.9. The molecule has 1 aliphatic rings. The van der Waals surface area contributed by atoms with Gasteiger partial charge in [0, 0.05) is 5.56 Å². The van der Waals surface area contributed by atoms with E-state index in [1.54, 1.807) is 11.6 Å². The Kier molecular flexibility index (Phi) is 3.09. The number of esters is 1. The second kappa shape index (κ2) is 4.30. The molecule has 0 radical (unpaired) electrons. The van der Waals surface area contributed by atoms with Crippen molar-refractivity contribution in [3.8, 4) is 0 Å². The molecule has 1 heterocycles. The summed E-state index contributed by atoms with van der Waals surface area (Å²) in [6.45, 7) is 8.19. The number of anilines is 1. The van der Waals surface area contributed by atoms with Gasteiger partial charge >= 0.3 is 5.97 Å². The molecule has 1 saturated carbocycles. The first-order valence-electron chi connectivity index (χ1n) is 6.42. The minimum absolute atomic E-state index is 0.238. The molecule has 1 aliphatic carbocycles. The predicted octanol–water partition coefficient (Wildman–Crippen LogP) is 2.27. The Morgan fingerprint density at radius 2 is 2.11 bits per heavy atom. The van der Waals surface area contributed by atoms with Crippen LogP contribution in [0.15, 0.2) is 0 Å². The highest BCUT2D eigenvalue weighted by atomic mass is 16.5. The van der Waals surface area contributed by atoms with Crippen LogP contribution in [0, 0.1) is 0 Å². The topological polar surface area (TPSA) is 70.1 Å². The fraction of sp³-hybridized carbons (Fsp3) is 0.692. The maximum Gasteiger partial charge on any atom is 0.359 e. The predicted molar refractivity (Wildman–Crippen MR) is 69.6 cm³/mol. The van der Waals surface area contributed by atoms with Gasteiger partial charge in [-0.1, -0.05) is 0 Å². The van der Waals surface area contributed by atoms with Crippen molar-refractivity contribution in [1.82, 2.24) is 9.78 Å². The van der Waals surface area contributed by atoms with Gasteiger partial charge in [-0.15, -0.1) is 0 Å². The van der Waals surface area contributed by atoms with Crippen LogP contribution in [0.25, 0.3) is 0 Å². The summed E-state index contributed by atoms with van der Waals surface area (Å²) in [5.41, 5.74) is 7.19. The van der Waals surface area contributed by atoms with Crippen LogP contribution < -0.4 is 5.73 Å². The third-order valence-electron chi connectivity index (χ3n) is 3.05. The molecule has 0 spiro atoms. The summed E-state index contributed by atoms with van der Waals surface area (Å²) in [6.07, 6.45) is 2.15. The van der Waals surface area contributed by atoms with Gasteiger partial charge in [0.25, 0.3) is 0 Å². The Labute approximate surface area is 107 Å². The van der Waals surface area contributed by atoms with E-state index in [1.807, 2.05) is 20.8 Å². The third-order valence-corrected chi connectivity index (χ3v) is 3.05. The van der Waals surface area contributed by atoms with E-state index in [0.717, 1.165) is 18.4 Å². The molecule has 1 aromatic heterocycles. The molecule has 2 N–H and O–H groups in total. The molecule has 1 aromatic rings. The Bertz CT molecular complexity index is 467. The summed E-state index contributed by atoms with van der Waals surface area (Å²) in [5, 5.41) is 4.38. The lowest BCUT2D eigenvalue weighted by Gasteiger charge is -2.20. The summed E-state index contributed by atoms with van der Waals surface area (Å²) in [7, 11) is 0. The highest BCUT2D eigenvalue weighted by molar-refractivity contribution is 5.91. The van der Waals surface area contributed by atoms with Gasteiger partial charge in [0.1, 0.15) is 5.82 Å². The lowest BCUT2D eigenvalue weighted by molar-refractivity contribution is 0.0516. The molecule has 0 aliphatic heterocycles. The van der Waals surface area contributed by atoms with Crippen molar-refractivity contribution in [3.05, 3.63) is 11.3 Å². The number of nitrogens with two attached hydrogens (primary N) is 1. The van der Waals surface area contributed by atoms with Gasteiger partial charge in [0.05, 0.1) is 12.1 Å². The van der Waals surface area contributed by atoms with E-state index in [4.69, 9.17) is 10.5 Å². The van der Waals surface area contributed by atoms with E-state index in [9.17, 15) is 4.79 Å². The smallest absolute Gasteiger partial charge is 0.359 e. The fourth-order valence-corrected chi connectivity index (χ4v) is 2.08. The quantitative estimate of drug-likeness (QED) is 0.837. The van der Waals surface area contributed by atoms with Crippen LogP contribution in [0.4, 0.5) is 5.82 Å². The number of nitrogen functional groups attached to an aromatic ring is 1. The van der Waals surface area contributed by atoms with Crippen LogP contribution in [0.5, 0.6) is 0 Å². The van der Waals surface area contributed by atoms with E-state index in [-0.39, 0.29) is 11.5 Å². The number of nitrogens with zero attached hydrogens (tertiary/aromatic N) is 2. The normalized spacial score (nSPS) is 15.8. The van der Waals surface area contributed by atoms with Crippen molar-refractivity contribution < 1.29 is 9.53 Å². The van der Waals surface area contributed by atoms with Crippen LogP contribution in [-0.4, -0.2) is 22.4 Å². The largest absolute Gasteiger partial charge is 0.461 e. The third kappa shape index (κ3) is 2.21. The van der Waals surface area contributed by atoms with E-state index < -0.39 is 0 Å². The van der Waals surface area contributed by atoms with Gasteiger partial charge in [-0.2, -0.15) is 5.10 Å². The monoisotopic (exact) mass is 251 g/mol. The molecule has 0 atom stereocenters. The number of aromatic nitrogens is 2. The van der Waals surface area contributed by atoms with Crippen LogP contribution >= 0.6 is 0 Å². The van der Waals surface area contributed by atoms with Crippen LogP contribution in [0.2, 0.25) is 0 Å². The molecule has 18 heavy (non-hydrogen) atoms. The summed E-state index contributed by atoms with van der Waals surface area (Å²) < 4.78 is 6.79.